The quantitative estimate of drug-likeness (QED) is 0.846. The van der Waals surface area contributed by atoms with Gasteiger partial charge in [-0.15, -0.1) is 0 Å². The first kappa shape index (κ1) is 15.2. The van der Waals surface area contributed by atoms with Crippen molar-refractivity contribution in [2.24, 2.45) is 0 Å². The van der Waals surface area contributed by atoms with Crippen LogP contribution in [0.3, 0.4) is 0 Å². The third kappa shape index (κ3) is 3.09. The number of benzene rings is 1. The summed E-state index contributed by atoms with van der Waals surface area (Å²) in [5.41, 5.74) is -1.15. The van der Waals surface area contributed by atoms with Gasteiger partial charge in [0, 0.05) is 0 Å². The lowest BCUT2D eigenvalue weighted by atomic mass is 10.0. The first-order valence-electron chi connectivity index (χ1n) is 5.79. The van der Waals surface area contributed by atoms with Crippen molar-refractivity contribution in [3.05, 3.63) is 34.4 Å². The number of hydrogen-bond donors (Lipinski definition) is 1. The second-order valence-corrected chi connectivity index (χ2v) is 7.69. The zero-order valence-electron chi connectivity index (χ0n) is 10.5. The van der Waals surface area contributed by atoms with Gasteiger partial charge in [-0.05, 0) is 25.5 Å². The van der Waals surface area contributed by atoms with E-state index >= 15 is 0 Å². The molecule has 1 aliphatic rings. The summed E-state index contributed by atoms with van der Waals surface area (Å²) in [6.07, 6.45) is 0.266. The Kier molecular flexibility index (Phi) is 3.77. The van der Waals surface area contributed by atoms with Crippen LogP contribution in [0.15, 0.2) is 12.1 Å². The summed E-state index contributed by atoms with van der Waals surface area (Å²) in [4.78, 5) is 12.0. The minimum atomic E-state index is -3.19. The van der Waals surface area contributed by atoms with Gasteiger partial charge in [0.2, 0.25) is 0 Å². The number of hydrogen-bond acceptors (Lipinski definition) is 3. The summed E-state index contributed by atoms with van der Waals surface area (Å²) in [6.45, 7) is 1.59. The summed E-state index contributed by atoms with van der Waals surface area (Å²) in [6, 6.07) is 1.40. The fourth-order valence-corrected chi connectivity index (χ4v) is 4.48. The van der Waals surface area contributed by atoms with Crippen LogP contribution in [0.5, 0.6) is 0 Å². The third-order valence-corrected chi connectivity index (χ3v) is 5.39. The van der Waals surface area contributed by atoms with E-state index in [1.807, 2.05) is 0 Å². The molecule has 1 fully saturated rings. The lowest BCUT2D eigenvalue weighted by Crippen LogP contribution is -2.47. The van der Waals surface area contributed by atoms with E-state index in [-0.39, 0.29) is 28.5 Å². The molecule has 110 valence electrons. The number of sulfone groups is 1. The van der Waals surface area contributed by atoms with Crippen molar-refractivity contribution in [1.29, 1.82) is 0 Å². The van der Waals surface area contributed by atoms with Gasteiger partial charge in [-0.1, -0.05) is 11.6 Å². The molecule has 1 saturated heterocycles. The molecule has 1 aromatic rings. The molecule has 0 aliphatic carbocycles. The average Bonchev–Trinajstić information content (AvgIpc) is 2.57. The van der Waals surface area contributed by atoms with E-state index in [1.165, 1.54) is 0 Å². The first-order chi connectivity index (χ1) is 9.12. The highest BCUT2D eigenvalue weighted by atomic mass is 35.5. The number of halogens is 3. The lowest BCUT2D eigenvalue weighted by Gasteiger charge is -2.24. The van der Waals surface area contributed by atoms with Crippen LogP contribution in [0.25, 0.3) is 0 Å². The zero-order valence-corrected chi connectivity index (χ0v) is 12.1. The molecule has 0 radical (unpaired) electrons. The number of rotatable bonds is 2. The molecule has 1 N–H and O–H groups in total. The fraction of sp³-hybridized carbons (Fsp3) is 0.417. The Morgan fingerprint density at radius 1 is 1.35 bits per heavy atom. The van der Waals surface area contributed by atoms with E-state index in [4.69, 9.17) is 11.6 Å². The van der Waals surface area contributed by atoms with E-state index in [2.05, 4.69) is 5.32 Å². The normalized spacial score (nSPS) is 24.6. The van der Waals surface area contributed by atoms with Gasteiger partial charge >= 0.3 is 0 Å². The van der Waals surface area contributed by atoms with Crippen molar-refractivity contribution in [1.82, 2.24) is 5.32 Å². The van der Waals surface area contributed by atoms with Crippen LogP contribution in [0, 0.1) is 11.6 Å². The van der Waals surface area contributed by atoms with E-state index in [0.717, 1.165) is 0 Å². The van der Waals surface area contributed by atoms with Gasteiger partial charge in [-0.25, -0.2) is 17.2 Å². The summed E-state index contributed by atoms with van der Waals surface area (Å²) in [5, 5.41) is 2.29. The van der Waals surface area contributed by atoms with Crippen molar-refractivity contribution in [2.75, 3.05) is 11.5 Å². The monoisotopic (exact) mass is 323 g/mol. The second kappa shape index (κ2) is 4.96. The Balaban J connectivity index is 2.23. The van der Waals surface area contributed by atoms with E-state index < -0.39 is 32.9 Å². The summed E-state index contributed by atoms with van der Waals surface area (Å²) < 4.78 is 49.0. The SMILES string of the molecule is CC1(NC(=O)c2cc(F)c(F)cc2Cl)CCS(=O)(=O)C1. The summed E-state index contributed by atoms with van der Waals surface area (Å²) in [5.74, 6) is -3.28. The van der Waals surface area contributed by atoms with Crippen LogP contribution in [-0.4, -0.2) is 31.4 Å². The molecular formula is C12H12ClF2NO3S. The Morgan fingerprint density at radius 2 is 1.95 bits per heavy atom. The molecule has 0 bridgehead atoms. The van der Waals surface area contributed by atoms with Gasteiger partial charge < -0.3 is 5.32 Å². The first-order valence-corrected chi connectivity index (χ1v) is 7.99. The van der Waals surface area contributed by atoms with Gasteiger partial charge in [0.15, 0.2) is 21.5 Å². The van der Waals surface area contributed by atoms with Gasteiger partial charge in [-0.2, -0.15) is 0 Å². The third-order valence-electron chi connectivity index (χ3n) is 3.17. The van der Waals surface area contributed by atoms with Crippen LogP contribution >= 0.6 is 11.6 Å². The minimum absolute atomic E-state index is 0.0186. The molecular weight excluding hydrogens is 312 g/mol. The van der Waals surface area contributed by atoms with E-state index in [0.29, 0.717) is 12.1 Å². The molecule has 0 aromatic heterocycles. The molecule has 0 saturated carbocycles. The van der Waals surface area contributed by atoms with Crippen LogP contribution < -0.4 is 5.32 Å². The maximum absolute atomic E-state index is 13.1. The van der Waals surface area contributed by atoms with Crippen molar-refractivity contribution < 1.29 is 22.0 Å². The maximum atomic E-state index is 13.1. The van der Waals surface area contributed by atoms with Crippen LogP contribution in [0.4, 0.5) is 8.78 Å². The van der Waals surface area contributed by atoms with Gasteiger partial charge in [0.25, 0.3) is 5.91 Å². The summed E-state index contributed by atoms with van der Waals surface area (Å²) in [7, 11) is -3.19. The lowest BCUT2D eigenvalue weighted by molar-refractivity contribution is 0.0915. The molecule has 1 atom stereocenters. The van der Waals surface area contributed by atoms with Crippen molar-refractivity contribution in [3.63, 3.8) is 0 Å². The number of amides is 1. The largest absolute Gasteiger partial charge is 0.346 e. The Labute approximate surface area is 120 Å². The van der Waals surface area contributed by atoms with Crippen LogP contribution in [0.1, 0.15) is 23.7 Å². The van der Waals surface area contributed by atoms with Crippen LogP contribution in [0.2, 0.25) is 5.02 Å². The fourth-order valence-electron chi connectivity index (χ4n) is 2.15. The molecule has 1 unspecified atom stereocenters. The van der Waals surface area contributed by atoms with Crippen molar-refractivity contribution in [3.8, 4) is 0 Å². The molecule has 2 rings (SSSR count). The molecule has 20 heavy (non-hydrogen) atoms. The Morgan fingerprint density at radius 3 is 2.50 bits per heavy atom. The highest BCUT2D eigenvalue weighted by molar-refractivity contribution is 7.91. The average molecular weight is 324 g/mol. The minimum Gasteiger partial charge on any atom is -0.346 e. The zero-order chi connectivity index (χ0) is 15.1. The van der Waals surface area contributed by atoms with Crippen molar-refractivity contribution in [2.45, 2.75) is 18.9 Å². The highest BCUT2D eigenvalue weighted by Gasteiger charge is 2.39. The number of carbonyl (C=O) groups is 1. The molecule has 1 aromatic carbocycles. The topological polar surface area (TPSA) is 63.2 Å². The Hall–Kier alpha value is -1.21. The van der Waals surface area contributed by atoms with Gasteiger partial charge in [-0.3, -0.25) is 4.79 Å². The predicted molar refractivity (Wildman–Crippen MR) is 70.5 cm³/mol. The Bertz CT molecular complexity index is 678. The van der Waals surface area contributed by atoms with Crippen molar-refractivity contribution >= 4 is 27.3 Å². The summed E-state index contributed by atoms with van der Waals surface area (Å²) >= 11 is 5.70. The van der Waals surface area contributed by atoms with Gasteiger partial charge in [0.1, 0.15) is 0 Å². The predicted octanol–water partition coefficient (Wildman–Crippen LogP) is 1.93. The highest BCUT2D eigenvalue weighted by Crippen LogP contribution is 2.25. The maximum Gasteiger partial charge on any atom is 0.253 e. The molecule has 4 nitrogen and oxygen atoms in total. The van der Waals surface area contributed by atoms with E-state index in [1.54, 1.807) is 6.92 Å². The van der Waals surface area contributed by atoms with Gasteiger partial charge in [0.05, 0.1) is 27.6 Å². The van der Waals surface area contributed by atoms with Crippen LogP contribution in [-0.2, 0) is 9.84 Å². The smallest absolute Gasteiger partial charge is 0.253 e. The molecule has 0 spiro atoms. The second-order valence-electron chi connectivity index (χ2n) is 5.10. The van der Waals surface area contributed by atoms with E-state index in [9.17, 15) is 22.0 Å². The molecule has 1 heterocycles. The standard InChI is InChI=1S/C12H12ClF2NO3S/c1-12(2-3-20(18,19)6-12)16-11(17)7-4-9(14)10(15)5-8(7)13/h4-5H,2-3,6H2,1H3,(H,16,17). The number of nitrogens with one attached hydrogen (secondary N) is 1. The molecule has 8 heteroatoms. The molecule has 1 aliphatic heterocycles. The number of carbonyl (C=O) groups excluding carboxylic acids is 1. The molecule has 1 amide bonds.